The Morgan fingerprint density at radius 3 is 2.55 bits per heavy atom. The number of hydrogen-bond acceptors (Lipinski definition) is 4. The van der Waals surface area contributed by atoms with Gasteiger partial charge >= 0.3 is 0 Å². The van der Waals surface area contributed by atoms with Crippen LogP contribution in [0.25, 0.3) is 5.57 Å². The Kier molecular flexibility index (Phi) is 7.28. The van der Waals surface area contributed by atoms with E-state index in [1.165, 1.54) is 0 Å². The SMILES string of the molecule is COCCOCOc1ccc(/C(C)=C\C=O)cc1C(C)(C)C. The van der Waals surface area contributed by atoms with Crippen LogP contribution in [0.2, 0.25) is 0 Å². The van der Waals surface area contributed by atoms with Gasteiger partial charge in [-0.15, -0.1) is 0 Å². The molecule has 122 valence electrons. The van der Waals surface area contributed by atoms with Gasteiger partial charge in [0.1, 0.15) is 12.0 Å². The largest absolute Gasteiger partial charge is 0.467 e. The lowest BCUT2D eigenvalue weighted by Crippen LogP contribution is -2.15. The maximum Gasteiger partial charge on any atom is 0.189 e. The number of benzene rings is 1. The highest BCUT2D eigenvalue weighted by Gasteiger charge is 2.20. The molecule has 0 atom stereocenters. The fourth-order valence-corrected chi connectivity index (χ4v) is 1.99. The summed E-state index contributed by atoms with van der Waals surface area (Å²) < 4.78 is 16.0. The first-order valence-corrected chi connectivity index (χ1v) is 7.36. The first-order chi connectivity index (χ1) is 10.4. The fraction of sp³-hybridized carbons (Fsp3) is 0.500. The molecule has 0 saturated heterocycles. The van der Waals surface area contributed by atoms with Crippen molar-refractivity contribution in [3.8, 4) is 5.75 Å². The third kappa shape index (κ3) is 5.62. The van der Waals surface area contributed by atoms with E-state index in [9.17, 15) is 4.79 Å². The third-order valence-corrected chi connectivity index (χ3v) is 3.29. The lowest BCUT2D eigenvalue weighted by Gasteiger charge is -2.24. The minimum atomic E-state index is -0.0701. The molecule has 0 fully saturated rings. The van der Waals surface area contributed by atoms with Crippen molar-refractivity contribution in [2.45, 2.75) is 33.1 Å². The molecular formula is C18H26O4. The van der Waals surface area contributed by atoms with E-state index in [0.29, 0.717) is 13.2 Å². The van der Waals surface area contributed by atoms with Crippen LogP contribution in [0.4, 0.5) is 0 Å². The molecule has 0 heterocycles. The van der Waals surface area contributed by atoms with Crippen LogP contribution in [0.15, 0.2) is 24.3 Å². The quantitative estimate of drug-likeness (QED) is 0.319. The Morgan fingerprint density at radius 1 is 1.23 bits per heavy atom. The second-order valence-electron chi connectivity index (χ2n) is 6.11. The topological polar surface area (TPSA) is 44.8 Å². The van der Waals surface area contributed by atoms with Crippen molar-refractivity contribution in [1.82, 2.24) is 0 Å². The van der Waals surface area contributed by atoms with E-state index < -0.39 is 0 Å². The maximum atomic E-state index is 10.6. The predicted octanol–water partition coefficient (Wildman–Crippen LogP) is 3.59. The highest BCUT2D eigenvalue weighted by molar-refractivity contribution is 5.81. The minimum absolute atomic E-state index is 0.0701. The van der Waals surface area contributed by atoms with E-state index >= 15 is 0 Å². The van der Waals surface area contributed by atoms with Crippen LogP contribution in [0.5, 0.6) is 5.75 Å². The van der Waals surface area contributed by atoms with Crippen molar-refractivity contribution < 1.29 is 19.0 Å². The summed E-state index contributed by atoms with van der Waals surface area (Å²) in [5.74, 6) is 0.799. The Balaban J connectivity index is 2.92. The zero-order valence-corrected chi connectivity index (χ0v) is 14.1. The lowest BCUT2D eigenvalue weighted by atomic mass is 9.84. The maximum absolute atomic E-state index is 10.6. The van der Waals surface area contributed by atoms with Gasteiger partial charge in [-0.05, 0) is 41.7 Å². The van der Waals surface area contributed by atoms with Gasteiger partial charge in [0.15, 0.2) is 6.79 Å². The molecule has 4 nitrogen and oxygen atoms in total. The highest BCUT2D eigenvalue weighted by atomic mass is 16.7. The molecule has 1 aromatic rings. The molecular weight excluding hydrogens is 280 g/mol. The number of hydrogen-bond donors (Lipinski definition) is 0. The van der Waals surface area contributed by atoms with Crippen molar-refractivity contribution in [2.24, 2.45) is 0 Å². The third-order valence-electron chi connectivity index (χ3n) is 3.29. The number of rotatable bonds is 8. The molecule has 0 aliphatic carbocycles. The molecule has 22 heavy (non-hydrogen) atoms. The van der Waals surface area contributed by atoms with Crippen LogP contribution >= 0.6 is 0 Å². The summed E-state index contributed by atoms with van der Waals surface area (Å²) in [5.41, 5.74) is 2.96. The molecule has 1 aromatic carbocycles. The first kappa shape index (κ1) is 18.4. The second kappa shape index (κ2) is 8.71. The molecule has 1 rings (SSSR count). The van der Waals surface area contributed by atoms with Crippen molar-refractivity contribution in [2.75, 3.05) is 27.1 Å². The Morgan fingerprint density at radius 2 is 1.95 bits per heavy atom. The van der Waals surface area contributed by atoms with E-state index in [2.05, 4.69) is 26.8 Å². The molecule has 0 spiro atoms. The van der Waals surface area contributed by atoms with Crippen LogP contribution in [-0.2, 0) is 19.7 Å². The summed E-state index contributed by atoms with van der Waals surface area (Å²) >= 11 is 0. The molecule has 0 aliphatic heterocycles. The second-order valence-corrected chi connectivity index (χ2v) is 6.11. The Bertz CT molecular complexity index is 512. The highest BCUT2D eigenvalue weighted by Crippen LogP contribution is 2.33. The van der Waals surface area contributed by atoms with Gasteiger partial charge in [-0.3, -0.25) is 4.79 Å². The average Bonchev–Trinajstić information content (AvgIpc) is 2.46. The molecule has 4 heteroatoms. The van der Waals surface area contributed by atoms with Crippen LogP contribution in [0, 0.1) is 0 Å². The molecule has 0 saturated carbocycles. The van der Waals surface area contributed by atoms with Crippen molar-refractivity contribution in [3.05, 3.63) is 35.4 Å². The van der Waals surface area contributed by atoms with Gasteiger partial charge in [-0.25, -0.2) is 0 Å². The zero-order chi connectivity index (χ0) is 16.6. The molecule has 0 unspecified atom stereocenters. The molecule has 0 bridgehead atoms. The van der Waals surface area contributed by atoms with E-state index in [-0.39, 0.29) is 12.2 Å². The zero-order valence-electron chi connectivity index (χ0n) is 14.1. The lowest BCUT2D eigenvalue weighted by molar-refractivity contribution is -0.104. The van der Waals surface area contributed by atoms with Crippen molar-refractivity contribution >= 4 is 11.9 Å². The average molecular weight is 306 g/mol. The van der Waals surface area contributed by atoms with Gasteiger partial charge in [0, 0.05) is 12.7 Å². The van der Waals surface area contributed by atoms with E-state index in [1.807, 2.05) is 19.1 Å². The fourth-order valence-electron chi connectivity index (χ4n) is 1.99. The summed E-state index contributed by atoms with van der Waals surface area (Å²) in [6, 6.07) is 5.95. The molecule has 0 aromatic heterocycles. The molecule has 0 N–H and O–H groups in total. The molecule has 0 amide bonds. The van der Waals surface area contributed by atoms with Gasteiger partial charge in [0.2, 0.25) is 0 Å². The van der Waals surface area contributed by atoms with Gasteiger partial charge in [0.05, 0.1) is 13.2 Å². The number of ether oxygens (including phenoxy) is 3. The van der Waals surface area contributed by atoms with Gasteiger partial charge in [0.25, 0.3) is 0 Å². The summed E-state index contributed by atoms with van der Waals surface area (Å²) in [6.45, 7) is 9.54. The smallest absolute Gasteiger partial charge is 0.189 e. The van der Waals surface area contributed by atoms with E-state index in [4.69, 9.17) is 14.2 Å². The van der Waals surface area contributed by atoms with Crippen molar-refractivity contribution in [3.63, 3.8) is 0 Å². The number of carbonyl (C=O) groups is 1. The van der Waals surface area contributed by atoms with Crippen molar-refractivity contribution in [1.29, 1.82) is 0 Å². The predicted molar refractivity (Wildman–Crippen MR) is 88.2 cm³/mol. The minimum Gasteiger partial charge on any atom is -0.467 e. The van der Waals surface area contributed by atoms with E-state index in [1.54, 1.807) is 13.2 Å². The normalized spacial score (nSPS) is 12.3. The van der Waals surface area contributed by atoms with Crippen LogP contribution in [0.1, 0.15) is 38.8 Å². The Labute approximate surface area is 133 Å². The first-order valence-electron chi connectivity index (χ1n) is 7.36. The van der Waals surface area contributed by atoms with Gasteiger partial charge < -0.3 is 14.2 Å². The summed E-state index contributed by atoms with van der Waals surface area (Å²) in [6.07, 6.45) is 2.37. The van der Waals surface area contributed by atoms with Gasteiger partial charge in [-0.1, -0.05) is 26.8 Å². The summed E-state index contributed by atoms with van der Waals surface area (Å²) in [4.78, 5) is 10.6. The number of allylic oxidation sites excluding steroid dienone is 2. The standard InChI is InChI=1S/C18H26O4/c1-14(8-9-19)15-6-7-17(16(12-15)18(2,3)4)22-13-21-11-10-20-5/h6-9,12H,10-11,13H2,1-5H3/b14-8-. The summed E-state index contributed by atoms with van der Waals surface area (Å²) in [7, 11) is 1.63. The number of carbonyl (C=O) groups excluding carboxylic acids is 1. The molecule has 0 radical (unpaired) electrons. The van der Waals surface area contributed by atoms with Crippen LogP contribution < -0.4 is 4.74 Å². The Hall–Kier alpha value is -1.65. The number of methoxy groups -OCH3 is 1. The van der Waals surface area contributed by atoms with E-state index in [0.717, 1.165) is 28.7 Å². The number of aldehydes is 1. The summed E-state index contributed by atoms with van der Waals surface area (Å²) in [5, 5.41) is 0. The monoisotopic (exact) mass is 306 g/mol. The van der Waals surface area contributed by atoms with Gasteiger partial charge in [-0.2, -0.15) is 0 Å². The molecule has 0 aliphatic rings. The van der Waals surface area contributed by atoms with Crippen LogP contribution in [0.3, 0.4) is 0 Å². The van der Waals surface area contributed by atoms with Crippen LogP contribution in [-0.4, -0.2) is 33.4 Å².